The van der Waals surface area contributed by atoms with E-state index in [-0.39, 0.29) is 33.1 Å². The number of hydrogen-bond acceptors (Lipinski definition) is 4. The van der Waals surface area contributed by atoms with Crippen LogP contribution in [0.5, 0.6) is 0 Å². The van der Waals surface area contributed by atoms with Crippen LogP contribution in [-0.4, -0.2) is 38.9 Å². The number of nitrogens with one attached hydrogen (secondary N) is 1. The van der Waals surface area contributed by atoms with Crippen molar-refractivity contribution in [2.24, 2.45) is 11.1 Å². The molecule has 2 aromatic rings. The predicted octanol–water partition coefficient (Wildman–Crippen LogP) is 4.23. The number of benzene rings is 2. The number of amides is 1. The average molecular weight is 484 g/mol. The molecule has 2 aromatic carbocycles. The number of carbonyl (C=O) groups excluding carboxylic acids is 1. The molecule has 0 aliphatic carbocycles. The summed E-state index contributed by atoms with van der Waals surface area (Å²) in [5.74, 6) is 0.417. The van der Waals surface area contributed by atoms with Gasteiger partial charge in [-0.25, -0.2) is 13.6 Å². The second-order valence-electron chi connectivity index (χ2n) is 8.10. The number of nitrogens with zero attached hydrogens (tertiary/aromatic N) is 1. The summed E-state index contributed by atoms with van der Waals surface area (Å²) >= 11 is 12.2. The number of anilines is 1. The molecule has 31 heavy (non-hydrogen) atoms. The largest absolute Gasteiger partial charge is 0.322 e. The quantitative estimate of drug-likeness (QED) is 0.615. The Morgan fingerprint density at radius 1 is 1.13 bits per heavy atom. The van der Waals surface area contributed by atoms with Crippen molar-refractivity contribution in [3.05, 3.63) is 57.6 Å². The second-order valence-corrected chi connectivity index (χ2v) is 10.5. The number of rotatable bonds is 7. The van der Waals surface area contributed by atoms with Crippen molar-refractivity contribution < 1.29 is 13.2 Å². The van der Waals surface area contributed by atoms with Gasteiger partial charge in [-0.15, -0.1) is 0 Å². The van der Waals surface area contributed by atoms with Crippen molar-refractivity contribution in [1.29, 1.82) is 0 Å². The van der Waals surface area contributed by atoms with E-state index in [1.807, 2.05) is 0 Å². The zero-order valence-corrected chi connectivity index (χ0v) is 19.7. The Bertz CT molecular complexity index is 1010. The van der Waals surface area contributed by atoms with Crippen molar-refractivity contribution in [3.63, 3.8) is 0 Å². The highest BCUT2D eigenvalue weighted by Gasteiger charge is 2.22. The first kappa shape index (κ1) is 24.0. The fraction of sp³-hybridized carbons (Fsp3) is 0.409. The van der Waals surface area contributed by atoms with Gasteiger partial charge in [0.25, 0.3) is 0 Å². The first-order valence-electron chi connectivity index (χ1n) is 10.2. The zero-order chi connectivity index (χ0) is 22.6. The molecule has 0 saturated carbocycles. The molecule has 1 amide bonds. The summed E-state index contributed by atoms with van der Waals surface area (Å²) in [5.41, 5.74) is 2.83. The Hall–Kier alpha value is -1.64. The van der Waals surface area contributed by atoms with Gasteiger partial charge in [0.2, 0.25) is 15.9 Å². The normalized spacial score (nSPS) is 15.7. The third-order valence-electron chi connectivity index (χ3n) is 5.64. The van der Waals surface area contributed by atoms with E-state index in [2.05, 4.69) is 41.4 Å². The first-order chi connectivity index (χ1) is 14.6. The SMILES string of the molecule is Cc1ccc(CCC2CCN(CC(=O)Nc3c(Cl)cc(S(N)(=O)=O)cc3Cl)CC2)cc1. The van der Waals surface area contributed by atoms with Crippen LogP contribution in [0.1, 0.15) is 30.4 Å². The van der Waals surface area contributed by atoms with E-state index in [1.165, 1.54) is 23.3 Å². The molecule has 9 heteroatoms. The number of halogens is 2. The molecule has 3 N–H and O–H groups in total. The third-order valence-corrected chi connectivity index (χ3v) is 7.13. The van der Waals surface area contributed by atoms with Crippen LogP contribution in [0.25, 0.3) is 0 Å². The number of aryl methyl sites for hydroxylation is 2. The lowest BCUT2D eigenvalue weighted by Gasteiger charge is -2.31. The van der Waals surface area contributed by atoms with Crippen molar-refractivity contribution in [2.75, 3.05) is 25.0 Å². The van der Waals surface area contributed by atoms with Gasteiger partial charge in [-0.3, -0.25) is 9.69 Å². The maximum absolute atomic E-state index is 12.5. The van der Waals surface area contributed by atoms with Crippen LogP contribution in [0.2, 0.25) is 10.0 Å². The molecule has 1 heterocycles. The van der Waals surface area contributed by atoms with Gasteiger partial charge in [0.05, 0.1) is 27.2 Å². The number of carbonyl (C=O) groups is 1. The Morgan fingerprint density at radius 2 is 1.71 bits per heavy atom. The molecule has 1 saturated heterocycles. The predicted molar refractivity (Wildman–Crippen MR) is 125 cm³/mol. The van der Waals surface area contributed by atoms with E-state index in [1.54, 1.807) is 0 Å². The highest BCUT2D eigenvalue weighted by atomic mass is 35.5. The molecule has 1 aliphatic heterocycles. The molecular weight excluding hydrogens is 457 g/mol. The molecule has 0 unspecified atom stereocenters. The van der Waals surface area contributed by atoms with Gasteiger partial charge in [-0.2, -0.15) is 0 Å². The summed E-state index contributed by atoms with van der Waals surface area (Å²) in [7, 11) is -3.94. The number of piperidine rings is 1. The summed E-state index contributed by atoms with van der Waals surface area (Å²) in [4.78, 5) is 14.4. The van der Waals surface area contributed by atoms with Gasteiger partial charge in [-0.05, 0) is 69.3 Å². The monoisotopic (exact) mass is 483 g/mol. The zero-order valence-electron chi connectivity index (χ0n) is 17.4. The molecule has 0 bridgehead atoms. The van der Waals surface area contributed by atoms with Crippen LogP contribution in [0.15, 0.2) is 41.3 Å². The fourth-order valence-corrected chi connectivity index (χ4v) is 5.05. The minimum Gasteiger partial charge on any atom is -0.322 e. The molecule has 3 rings (SSSR count). The fourth-order valence-electron chi connectivity index (χ4n) is 3.77. The number of likely N-dealkylation sites (tertiary alicyclic amines) is 1. The van der Waals surface area contributed by atoms with E-state index >= 15 is 0 Å². The van der Waals surface area contributed by atoms with Crippen LogP contribution in [-0.2, 0) is 21.2 Å². The summed E-state index contributed by atoms with van der Waals surface area (Å²) in [6, 6.07) is 11.0. The van der Waals surface area contributed by atoms with Crippen LogP contribution < -0.4 is 10.5 Å². The van der Waals surface area contributed by atoms with E-state index in [4.69, 9.17) is 28.3 Å². The smallest absolute Gasteiger partial charge is 0.238 e. The molecule has 0 spiro atoms. The molecule has 1 aliphatic rings. The standard InChI is InChI=1S/C22H27Cl2N3O3S/c1-15-2-4-16(5-3-15)6-7-17-8-10-27(11-9-17)14-21(28)26-22-19(23)12-18(13-20(22)24)31(25,29)30/h2-5,12-13,17H,6-11,14H2,1H3,(H,26,28)(H2,25,29,30). The second kappa shape index (κ2) is 10.3. The molecular formula is C22H27Cl2N3O3S. The van der Waals surface area contributed by atoms with Gasteiger partial charge in [0.15, 0.2) is 0 Å². The summed E-state index contributed by atoms with van der Waals surface area (Å²) in [5, 5.41) is 7.84. The summed E-state index contributed by atoms with van der Waals surface area (Å²) < 4.78 is 22.9. The Balaban J connectivity index is 1.47. The minimum absolute atomic E-state index is 0.0275. The lowest BCUT2D eigenvalue weighted by atomic mass is 9.90. The van der Waals surface area contributed by atoms with Gasteiger partial charge >= 0.3 is 0 Å². The van der Waals surface area contributed by atoms with Gasteiger partial charge in [-0.1, -0.05) is 53.0 Å². The maximum atomic E-state index is 12.5. The van der Waals surface area contributed by atoms with E-state index < -0.39 is 10.0 Å². The summed E-state index contributed by atoms with van der Waals surface area (Å²) in [6.07, 6.45) is 4.36. The van der Waals surface area contributed by atoms with E-state index in [0.29, 0.717) is 5.92 Å². The average Bonchev–Trinajstić information content (AvgIpc) is 2.70. The maximum Gasteiger partial charge on any atom is 0.238 e. The van der Waals surface area contributed by atoms with Crippen molar-refractivity contribution in [2.45, 2.75) is 37.5 Å². The van der Waals surface area contributed by atoms with Gasteiger partial charge in [0, 0.05) is 0 Å². The van der Waals surface area contributed by atoms with Crippen LogP contribution >= 0.6 is 23.2 Å². The van der Waals surface area contributed by atoms with E-state index in [0.717, 1.165) is 38.8 Å². The molecule has 0 radical (unpaired) electrons. The lowest BCUT2D eigenvalue weighted by molar-refractivity contribution is -0.117. The third kappa shape index (κ3) is 6.92. The molecule has 168 valence electrons. The lowest BCUT2D eigenvalue weighted by Crippen LogP contribution is -2.39. The number of hydrogen-bond donors (Lipinski definition) is 2. The Labute approximate surface area is 193 Å². The van der Waals surface area contributed by atoms with Crippen molar-refractivity contribution in [3.8, 4) is 0 Å². The minimum atomic E-state index is -3.94. The topological polar surface area (TPSA) is 92.5 Å². The highest BCUT2D eigenvalue weighted by molar-refractivity contribution is 7.89. The van der Waals surface area contributed by atoms with Crippen LogP contribution in [0, 0.1) is 12.8 Å². The number of sulfonamides is 1. The van der Waals surface area contributed by atoms with Crippen LogP contribution in [0.3, 0.4) is 0 Å². The number of nitrogens with two attached hydrogens (primary N) is 1. The molecule has 0 atom stereocenters. The molecule has 0 aromatic heterocycles. The van der Waals surface area contributed by atoms with Crippen LogP contribution in [0.4, 0.5) is 5.69 Å². The first-order valence-corrected chi connectivity index (χ1v) is 12.5. The highest BCUT2D eigenvalue weighted by Crippen LogP contribution is 2.33. The molecule has 1 fully saturated rings. The Morgan fingerprint density at radius 3 is 2.26 bits per heavy atom. The van der Waals surface area contributed by atoms with E-state index in [9.17, 15) is 13.2 Å². The van der Waals surface area contributed by atoms with Crippen molar-refractivity contribution in [1.82, 2.24) is 4.90 Å². The van der Waals surface area contributed by atoms with Crippen molar-refractivity contribution >= 4 is 44.8 Å². The Kier molecular flexibility index (Phi) is 7.99. The van der Waals surface area contributed by atoms with Gasteiger partial charge < -0.3 is 5.32 Å². The number of primary sulfonamides is 1. The molecule has 6 nitrogen and oxygen atoms in total. The summed E-state index contributed by atoms with van der Waals surface area (Å²) in [6.45, 7) is 4.04. The van der Waals surface area contributed by atoms with Gasteiger partial charge in [0.1, 0.15) is 0 Å².